The van der Waals surface area contributed by atoms with Crippen molar-refractivity contribution in [1.29, 1.82) is 0 Å². The van der Waals surface area contributed by atoms with Gasteiger partial charge in [-0.05, 0) is 12.5 Å². The van der Waals surface area contributed by atoms with E-state index in [1.165, 1.54) is 10.8 Å². The number of aryl methyl sites for hydroxylation is 1. The highest BCUT2D eigenvalue weighted by Crippen LogP contribution is 2.38. The van der Waals surface area contributed by atoms with Gasteiger partial charge in [0, 0.05) is 18.2 Å². The highest BCUT2D eigenvalue weighted by atomic mass is 16.6. The van der Waals surface area contributed by atoms with Crippen LogP contribution in [0.5, 0.6) is 0 Å². The number of hydrogen-bond acceptors (Lipinski definition) is 6. The Balaban J connectivity index is 1.58. The molecule has 1 aromatic carbocycles. The van der Waals surface area contributed by atoms with Crippen LogP contribution in [0.4, 0.5) is 0 Å². The number of hydroxylamine groups is 2. The Bertz CT molecular complexity index is 878. The standard InChI is InChI=1S/C17H19N3O5/c1-10-8-19(17(22)18-15(10)21)14-7-12-13(25-14)9-24-16(20(12)23)11-5-3-2-4-6-11/h2-6,8,12-14,16,23H,7,9H2,1H3,(H,18,21,22). The third-order valence-electron chi connectivity index (χ3n) is 4.74. The molecular formula is C17H19N3O5. The van der Waals surface area contributed by atoms with Crippen molar-refractivity contribution in [2.24, 2.45) is 0 Å². The molecule has 2 fully saturated rings. The van der Waals surface area contributed by atoms with Gasteiger partial charge in [0.2, 0.25) is 0 Å². The van der Waals surface area contributed by atoms with Gasteiger partial charge in [0.05, 0.1) is 12.6 Å². The van der Waals surface area contributed by atoms with Crippen LogP contribution in [0, 0.1) is 6.92 Å². The van der Waals surface area contributed by atoms with Gasteiger partial charge in [-0.15, -0.1) is 0 Å². The molecule has 4 rings (SSSR count). The first-order valence-electron chi connectivity index (χ1n) is 8.16. The molecule has 0 bridgehead atoms. The van der Waals surface area contributed by atoms with Crippen molar-refractivity contribution in [3.63, 3.8) is 0 Å². The van der Waals surface area contributed by atoms with Crippen LogP contribution >= 0.6 is 0 Å². The summed E-state index contributed by atoms with van der Waals surface area (Å²) in [6.07, 6.45) is 0.415. The molecule has 132 valence electrons. The molecule has 2 N–H and O–H groups in total. The first kappa shape index (κ1) is 16.2. The summed E-state index contributed by atoms with van der Waals surface area (Å²) in [6, 6.07) is 9.14. The predicted octanol–water partition coefficient (Wildman–Crippen LogP) is 0.921. The van der Waals surface area contributed by atoms with Gasteiger partial charge in [-0.25, -0.2) is 4.79 Å². The summed E-state index contributed by atoms with van der Waals surface area (Å²) in [4.78, 5) is 25.9. The minimum atomic E-state index is -0.571. The fraction of sp³-hybridized carbons (Fsp3) is 0.412. The van der Waals surface area contributed by atoms with Crippen molar-refractivity contribution in [2.45, 2.75) is 37.9 Å². The Morgan fingerprint density at radius 3 is 2.76 bits per heavy atom. The van der Waals surface area contributed by atoms with Crippen LogP contribution in [0.3, 0.4) is 0 Å². The molecule has 8 nitrogen and oxygen atoms in total. The number of nitrogens with zero attached hydrogens (tertiary/aromatic N) is 2. The van der Waals surface area contributed by atoms with Gasteiger partial charge < -0.3 is 14.7 Å². The third-order valence-corrected chi connectivity index (χ3v) is 4.74. The average Bonchev–Trinajstić information content (AvgIpc) is 3.04. The van der Waals surface area contributed by atoms with E-state index < -0.39 is 23.7 Å². The number of ether oxygens (including phenoxy) is 2. The summed E-state index contributed by atoms with van der Waals surface area (Å²) in [6.45, 7) is 1.94. The smallest absolute Gasteiger partial charge is 0.330 e. The molecule has 4 atom stereocenters. The summed E-state index contributed by atoms with van der Waals surface area (Å²) in [5.41, 5.74) is 0.346. The van der Waals surface area contributed by atoms with Crippen molar-refractivity contribution >= 4 is 0 Å². The minimum Gasteiger partial charge on any atom is -0.354 e. The predicted molar refractivity (Wildman–Crippen MR) is 87.1 cm³/mol. The maximum absolute atomic E-state index is 12.1. The fourth-order valence-corrected chi connectivity index (χ4v) is 3.42. The van der Waals surface area contributed by atoms with Crippen LogP contribution in [-0.2, 0) is 9.47 Å². The molecule has 0 saturated carbocycles. The molecule has 2 aliphatic heterocycles. The summed E-state index contributed by atoms with van der Waals surface area (Å²) in [7, 11) is 0. The molecule has 2 aliphatic rings. The van der Waals surface area contributed by atoms with Gasteiger partial charge in [-0.1, -0.05) is 30.3 Å². The van der Waals surface area contributed by atoms with E-state index in [9.17, 15) is 14.8 Å². The lowest BCUT2D eigenvalue weighted by atomic mass is 10.1. The molecule has 3 heterocycles. The Labute approximate surface area is 143 Å². The summed E-state index contributed by atoms with van der Waals surface area (Å²) < 4.78 is 13.0. The minimum absolute atomic E-state index is 0.303. The van der Waals surface area contributed by atoms with Gasteiger partial charge in [0.25, 0.3) is 5.56 Å². The fourth-order valence-electron chi connectivity index (χ4n) is 3.42. The number of H-pyrrole nitrogens is 1. The maximum Gasteiger partial charge on any atom is 0.330 e. The van der Waals surface area contributed by atoms with Crippen LogP contribution in [0.1, 0.15) is 30.0 Å². The normalized spacial score (nSPS) is 29.5. The molecule has 2 aromatic rings. The first-order chi connectivity index (χ1) is 12.0. The third kappa shape index (κ3) is 2.83. The van der Waals surface area contributed by atoms with Crippen LogP contribution in [0.2, 0.25) is 0 Å². The highest BCUT2D eigenvalue weighted by Gasteiger charge is 2.46. The topological polar surface area (TPSA) is 96.8 Å². The molecule has 8 heteroatoms. The molecule has 0 radical (unpaired) electrons. The van der Waals surface area contributed by atoms with Gasteiger partial charge in [0.1, 0.15) is 12.3 Å². The molecule has 1 aromatic heterocycles. The molecule has 4 unspecified atom stereocenters. The van der Waals surface area contributed by atoms with Gasteiger partial charge in [-0.2, -0.15) is 5.06 Å². The van der Waals surface area contributed by atoms with E-state index in [-0.39, 0.29) is 12.1 Å². The molecule has 0 amide bonds. The molecular weight excluding hydrogens is 326 g/mol. The Hall–Kier alpha value is -2.26. The number of aromatic nitrogens is 2. The van der Waals surface area contributed by atoms with Crippen molar-refractivity contribution in [1.82, 2.24) is 14.6 Å². The Morgan fingerprint density at radius 1 is 1.24 bits per heavy atom. The second-order valence-corrected chi connectivity index (χ2v) is 6.39. The Kier molecular flexibility index (Phi) is 4.04. The molecule has 25 heavy (non-hydrogen) atoms. The number of nitrogens with one attached hydrogen (secondary N) is 1. The van der Waals surface area contributed by atoms with Gasteiger partial charge in [0.15, 0.2) is 6.23 Å². The number of fused-ring (bicyclic) bond motifs is 1. The van der Waals surface area contributed by atoms with Crippen LogP contribution in [-0.4, -0.2) is 38.6 Å². The summed E-state index contributed by atoms with van der Waals surface area (Å²) in [5, 5.41) is 11.8. The van der Waals surface area contributed by atoms with E-state index in [0.717, 1.165) is 10.6 Å². The molecule has 2 saturated heterocycles. The van der Waals surface area contributed by atoms with Crippen molar-refractivity contribution in [2.75, 3.05) is 6.61 Å². The van der Waals surface area contributed by atoms with E-state index in [1.54, 1.807) is 6.92 Å². The zero-order valence-electron chi connectivity index (χ0n) is 13.7. The zero-order chi connectivity index (χ0) is 17.6. The van der Waals surface area contributed by atoms with Crippen molar-refractivity contribution in [3.05, 3.63) is 68.5 Å². The lowest BCUT2D eigenvalue weighted by Gasteiger charge is -2.38. The van der Waals surface area contributed by atoms with Crippen LogP contribution in [0.15, 0.2) is 46.1 Å². The van der Waals surface area contributed by atoms with Crippen molar-refractivity contribution < 1.29 is 14.7 Å². The second kappa shape index (κ2) is 6.23. The maximum atomic E-state index is 12.1. The first-order valence-corrected chi connectivity index (χ1v) is 8.16. The Morgan fingerprint density at radius 2 is 2.00 bits per heavy atom. The van der Waals surface area contributed by atoms with Gasteiger partial charge in [-0.3, -0.25) is 14.3 Å². The van der Waals surface area contributed by atoms with E-state index >= 15 is 0 Å². The van der Waals surface area contributed by atoms with Crippen LogP contribution < -0.4 is 11.2 Å². The van der Waals surface area contributed by atoms with Gasteiger partial charge >= 0.3 is 5.69 Å². The van der Waals surface area contributed by atoms with Crippen molar-refractivity contribution in [3.8, 4) is 0 Å². The molecule has 0 aliphatic carbocycles. The average molecular weight is 345 g/mol. The number of benzene rings is 1. The highest BCUT2D eigenvalue weighted by molar-refractivity contribution is 5.18. The number of hydrogen-bond donors (Lipinski definition) is 2. The number of rotatable bonds is 2. The summed E-state index contributed by atoms with van der Waals surface area (Å²) >= 11 is 0. The zero-order valence-corrected chi connectivity index (χ0v) is 13.7. The van der Waals surface area contributed by atoms with E-state index in [4.69, 9.17) is 9.47 Å². The molecule has 0 spiro atoms. The van der Waals surface area contributed by atoms with E-state index in [0.29, 0.717) is 18.6 Å². The summed E-state index contributed by atoms with van der Waals surface area (Å²) in [5.74, 6) is 0. The SMILES string of the molecule is Cc1cn(C2CC3C(COC(c4ccccc4)N3O)O2)c(=O)[nH]c1=O. The number of aromatic amines is 1. The van der Waals surface area contributed by atoms with E-state index in [2.05, 4.69) is 4.98 Å². The lowest BCUT2D eigenvalue weighted by Crippen LogP contribution is -2.49. The monoisotopic (exact) mass is 345 g/mol. The quantitative estimate of drug-likeness (QED) is 0.840. The largest absolute Gasteiger partial charge is 0.354 e. The van der Waals surface area contributed by atoms with E-state index in [1.807, 2.05) is 30.3 Å². The second-order valence-electron chi connectivity index (χ2n) is 6.39. The van der Waals surface area contributed by atoms with Crippen LogP contribution in [0.25, 0.3) is 0 Å². The lowest BCUT2D eigenvalue weighted by molar-refractivity contribution is -0.288.